The lowest BCUT2D eigenvalue weighted by atomic mass is 10.3. The van der Waals surface area contributed by atoms with E-state index in [9.17, 15) is 9.90 Å². The highest BCUT2D eigenvalue weighted by Gasteiger charge is 2.17. The van der Waals surface area contributed by atoms with Gasteiger partial charge in [-0.25, -0.2) is 4.79 Å². The Morgan fingerprint density at radius 2 is 1.46 bits per heavy atom. The number of hydrogen-bond acceptors (Lipinski definition) is 5. The van der Waals surface area contributed by atoms with Crippen LogP contribution in [0.2, 0.25) is 0 Å². The van der Waals surface area contributed by atoms with E-state index in [0.29, 0.717) is 13.1 Å². The van der Waals surface area contributed by atoms with E-state index in [4.69, 9.17) is 4.74 Å². The number of aliphatic hydroxyl groups excluding tert-OH is 1. The number of nitrogens with zero attached hydrogens (tertiary/aromatic N) is 2. The van der Waals surface area contributed by atoms with Gasteiger partial charge in [-0.1, -0.05) is 43.0 Å². The molecule has 24 heavy (non-hydrogen) atoms. The van der Waals surface area contributed by atoms with Gasteiger partial charge in [-0.3, -0.25) is 10.0 Å². The van der Waals surface area contributed by atoms with Crippen LogP contribution < -0.4 is 10.0 Å². The van der Waals surface area contributed by atoms with E-state index < -0.39 is 5.97 Å². The van der Waals surface area contributed by atoms with Crippen LogP contribution in [0.15, 0.2) is 73.3 Å². The SMILES string of the molecule is C=CC(=O)OCCN(c1ccccc1)N(CCO)c1ccccc1. The Morgan fingerprint density at radius 1 is 0.958 bits per heavy atom. The van der Waals surface area contributed by atoms with Crippen LogP contribution >= 0.6 is 0 Å². The van der Waals surface area contributed by atoms with Crippen molar-refractivity contribution in [3.63, 3.8) is 0 Å². The Labute approximate surface area is 142 Å². The summed E-state index contributed by atoms with van der Waals surface area (Å²) in [5, 5.41) is 13.4. The highest BCUT2D eigenvalue weighted by atomic mass is 16.5. The number of ether oxygens (including phenoxy) is 1. The van der Waals surface area contributed by atoms with Crippen LogP contribution in [0.25, 0.3) is 0 Å². The molecule has 0 aromatic heterocycles. The van der Waals surface area contributed by atoms with Gasteiger partial charge in [-0.2, -0.15) is 0 Å². The minimum atomic E-state index is -0.448. The van der Waals surface area contributed by atoms with Crippen LogP contribution in [0.1, 0.15) is 0 Å². The fraction of sp³-hybridized carbons (Fsp3) is 0.211. The Hall–Kier alpha value is -2.79. The van der Waals surface area contributed by atoms with Crippen LogP contribution in [-0.4, -0.2) is 37.4 Å². The molecule has 0 aliphatic carbocycles. The normalized spacial score (nSPS) is 10.0. The van der Waals surface area contributed by atoms with Gasteiger partial charge in [0.25, 0.3) is 0 Å². The molecule has 0 unspecified atom stereocenters. The summed E-state index contributed by atoms with van der Waals surface area (Å²) in [6.07, 6.45) is 1.15. The van der Waals surface area contributed by atoms with Gasteiger partial charge in [0, 0.05) is 6.08 Å². The second-order valence-corrected chi connectivity index (χ2v) is 5.01. The highest BCUT2D eigenvalue weighted by molar-refractivity contribution is 5.81. The van der Waals surface area contributed by atoms with Gasteiger partial charge < -0.3 is 9.84 Å². The molecule has 0 amide bonds. The maximum absolute atomic E-state index is 11.3. The zero-order valence-electron chi connectivity index (χ0n) is 13.5. The van der Waals surface area contributed by atoms with Gasteiger partial charge >= 0.3 is 5.97 Å². The molecular weight excluding hydrogens is 304 g/mol. The zero-order valence-corrected chi connectivity index (χ0v) is 13.5. The van der Waals surface area contributed by atoms with Gasteiger partial charge in [0.15, 0.2) is 0 Å². The summed E-state index contributed by atoms with van der Waals surface area (Å²) < 4.78 is 5.12. The van der Waals surface area contributed by atoms with Gasteiger partial charge in [0.1, 0.15) is 6.61 Å². The third-order valence-corrected chi connectivity index (χ3v) is 3.43. The number of esters is 1. The Bertz CT molecular complexity index is 632. The van der Waals surface area contributed by atoms with Gasteiger partial charge in [0.05, 0.1) is 31.1 Å². The summed E-state index contributed by atoms with van der Waals surface area (Å²) in [6.45, 7) is 4.50. The molecule has 0 aliphatic rings. The minimum absolute atomic E-state index is 0.00464. The topological polar surface area (TPSA) is 53.0 Å². The number of hydrogen-bond donors (Lipinski definition) is 1. The summed E-state index contributed by atoms with van der Waals surface area (Å²) in [5.41, 5.74) is 1.90. The predicted molar refractivity (Wildman–Crippen MR) is 95.8 cm³/mol. The van der Waals surface area contributed by atoms with Crippen LogP contribution in [0.5, 0.6) is 0 Å². The van der Waals surface area contributed by atoms with Crippen LogP contribution in [0.4, 0.5) is 11.4 Å². The van der Waals surface area contributed by atoms with E-state index in [0.717, 1.165) is 17.5 Å². The van der Waals surface area contributed by atoms with E-state index in [1.54, 1.807) is 0 Å². The number of anilines is 2. The average Bonchev–Trinajstić information content (AvgIpc) is 2.65. The molecule has 2 aromatic rings. The van der Waals surface area contributed by atoms with E-state index in [2.05, 4.69) is 6.58 Å². The molecule has 2 aromatic carbocycles. The number of carbonyl (C=O) groups is 1. The molecule has 2 rings (SSSR count). The van der Waals surface area contributed by atoms with Crippen molar-refractivity contribution in [1.29, 1.82) is 0 Å². The fourth-order valence-electron chi connectivity index (χ4n) is 2.36. The molecule has 5 nitrogen and oxygen atoms in total. The maximum atomic E-state index is 11.3. The van der Waals surface area contributed by atoms with Crippen molar-refractivity contribution in [1.82, 2.24) is 0 Å². The first-order valence-corrected chi connectivity index (χ1v) is 7.81. The van der Waals surface area contributed by atoms with Crippen molar-refractivity contribution < 1.29 is 14.6 Å². The van der Waals surface area contributed by atoms with Gasteiger partial charge in [-0.15, -0.1) is 0 Å². The van der Waals surface area contributed by atoms with Gasteiger partial charge in [-0.05, 0) is 24.3 Å². The third-order valence-electron chi connectivity index (χ3n) is 3.43. The molecule has 0 fully saturated rings. The van der Waals surface area contributed by atoms with E-state index in [1.165, 1.54) is 0 Å². The summed E-state index contributed by atoms with van der Waals surface area (Å²) in [4.78, 5) is 11.3. The Kier molecular flexibility index (Phi) is 6.86. The molecule has 0 aliphatic heterocycles. The van der Waals surface area contributed by atoms with E-state index in [-0.39, 0.29) is 13.2 Å². The summed E-state index contributed by atoms with van der Waals surface area (Å²) in [7, 11) is 0. The average molecular weight is 326 g/mol. The lowest BCUT2D eigenvalue weighted by Gasteiger charge is -2.38. The fourth-order valence-corrected chi connectivity index (χ4v) is 2.36. The lowest BCUT2D eigenvalue weighted by Crippen LogP contribution is -2.46. The largest absolute Gasteiger partial charge is 0.461 e. The number of rotatable bonds is 9. The van der Waals surface area contributed by atoms with Crippen molar-refractivity contribution in [3.05, 3.63) is 73.3 Å². The van der Waals surface area contributed by atoms with Crippen molar-refractivity contribution in [2.75, 3.05) is 36.3 Å². The molecule has 5 heteroatoms. The number of aliphatic hydroxyl groups is 1. The first-order chi connectivity index (χ1) is 11.8. The maximum Gasteiger partial charge on any atom is 0.330 e. The highest BCUT2D eigenvalue weighted by Crippen LogP contribution is 2.22. The van der Waals surface area contributed by atoms with Gasteiger partial charge in [0.2, 0.25) is 0 Å². The molecule has 126 valence electrons. The molecule has 0 heterocycles. The summed E-state index contributed by atoms with van der Waals surface area (Å²) >= 11 is 0. The summed E-state index contributed by atoms with van der Waals surface area (Å²) in [6, 6.07) is 19.6. The van der Waals surface area contributed by atoms with Crippen molar-refractivity contribution in [2.24, 2.45) is 0 Å². The predicted octanol–water partition coefficient (Wildman–Crippen LogP) is 2.64. The second-order valence-electron chi connectivity index (χ2n) is 5.01. The first-order valence-electron chi connectivity index (χ1n) is 7.81. The van der Waals surface area contributed by atoms with Crippen LogP contribution in [0.3, 0.4) is 0 Å². The standard InChI is InChI=1S/C19H22N2O3/c1-2-19(23)24-16-14-21(18-11-7-4-8-12-18)20(13-15-22)17-9-5-3-6-10-17/h2-12,22H,1,13-16H2. The minimum Gasteiger partial charge on any atom is -0.461 e. The second kappa shape index (κ2) is 9.37. The van der Waals surface area contributed by atoms with Crippen molar-refractivity contribution >= 4 is 17.3 Å². The van der Waals surface area contributed by atoms with E-state index >= 15 is 0 Å². The Balaban J connectivity index is 2.24. The lowest BCUT2D eigenvalue weighted by molar-refractivity contribution is -0.137. The molecule has 0 spiro atoms. The zero-order chi connectivity index (χ0) is 17.2. The number of hydrazine groups is 1. The van der Waals surface area contributed by atoms with Crippen molar-refractivity contribution in [2.45, 2.75) is 0 Å². The molecule has 1 N–H and O–H groups in total. The smallest absolute Gasteiger partial charge is 0.330 e. The molecule has 0 radical (unpaired) electrons. The van der Waals surface area contributed by atoms with Crippen LogP contribution in [-0.2, 0) is 9.53 Å². The molecule has 0 saturated heterocycles. The molecule has 0 bridgehead atoms. The summed E-state index contributed by atoms with van der Waals surface area (Å²) in [5.74, 6) is -0.448. The number of carbonyl (C=O) groups excluding carboxylic acids is 1. The Morgan fingerprint density at radius 3 is 1.92 bits per heavy atom. The van der Waals surface area contributed by atoms with Crippen LogP contribution in [0, 0.1) is 0 Å². The van der Waals surface area contributed by atoms with Crippen molar-refractivity contribution in [3.8, 4) is 0 Å². The monoisotopic (exact) mass is 326 g/mol. The number of para-hydroxylation sites is 2. The third kappa shape index (κ3) is 4.86. The first kappa shape index (κ1) is 17.6. The molecule has 0 atom stereocenters. The quantitative estimate of drug-likeness (QED) is 0.436. The van der Waals surface area contributed by atoms with E-state index in [1.807, 2.05) is 70.7 Å². The molecule has 0 saturated carbocycles. The molecular formula is C19H22N2O3. The number of benzene rings is 2.